The zero-order valence-electron chi connectivity index (χ0n) is 14.3. The summed E-state index contributed by atoms with van der Waals surface area (Å²) in [6, 6.07) is 7.08. The molecule has 0 saturated heterocycles. The summed E-state index contributed by atoms with van der Waals surface area (Å²) in [6.45, 7) is 10.7. The smallest absolute Gasteiger partial charge is 0.179 e. The zero-order valence-corrected chi connectivity index (χ0v) is 14.3. The lowest BCUT2D eigenvalue weighted by Crippen LogP contribution is -2.37. The number of anilines is 1. The van der Waals surface area contributed by atoms with Crippen LogP contribution in [-0.4, -0.2) is 42.9 Å². The molecule has 22 heavy (non-hydrogen) atoms. The highest BCUT2D eigenvalue weighted by atomic mass is 16.1. The van der Waals surface area contributed by atoms with E-state index in [0.29, 0.717) is 5.69 Å². The van der Waals surface area contributed by atoms with E-state index in [2.05, 4.69) is 24.1 Å². The van der Waals surface area contributed by atoms with Crippen molar-refractivity contribution in [2.45, 2.75) is 46.1 Å². The van der Waals surface area contributed by atoms with Crippen LogP contribution in [0.4, 0.5) is 5.69 Å². The highest BCUT2D eigenvalue weighted by molar-refractivity contribution is 6.00. The number of benzene rings is 1. The second-order valence-corrected chi connectivity index (χ2v) is 5.64. The van der Waals surface area contributed by atoms with Gasteiger partial charge in [0.2, 0.25) is 0 Å². The van der Waals surface area contributed by atoms with Gasteiger partial charge in [0.25, 0.3) is 0 Å². The Balaban J connectivity index is 2.35. The molecule has 0 radical (unpaired) electrons. The molecule has 1 rings (SSSR count). The van der Waals surface area contributed by atoms with E-state index in [9.17, 15) is 4.79 Å². The highest BCUT2D eigenvalue weighted by Crippen LogP contribution is 2.10. The van der Waals surface area contributed by atoms with E-state index in [4.69, 9.17) is 5.73 Å². The van der Waals surface area contributed by atoms with Crippen molar-refractivity contribution < 1.29 is 4.79 Å². The summed E-state index contributed by atoms with van der Waals surface area (Å²) < 4.78 is 0. The third kappa shape index (κ3) is 6.16. The van der Waals surface area contributed by atoms with Gasteiger partial charge in [0.1, 0.15) is 0 Å². The van der Waals surface area contributed by atoms with Crippen LogP contribution in [0.3, 0.4) is 0 Å². The van der Waals surface area contributed by atoms with E-state index in [1.54, 1.807) is 12.1 Å². The normalized spacial score (nSPS) is 12.5. The molecule has 0 spiro atoms. The summed E-state index contributed by atoms with van der Waals surface area (Å²) in [4.78, 5) is 14.9. The van der Waals surface area contributed by atoms with Gasteiger partial charge in [0, 0.05) is 11.3 Å². The van der Waals surface area contributed by atoms with Crippen molar-refractivity contribution in [1.29, 1.82) is 0 Å². The zero-order chi connectivity index (χ0) is 16.4. The summed E-state index contributed by atoms with van der Waals surface area (Å²) >= 11 is 0. The standard InChI is InChI=1S/C18H31N3O/c1-4-17(18(22)15-9-11-16(19)12-10-15)20-13-7-8-14-21(5-2)6-3/h9-12,17,20H,4-8,13-14,19H2,1-3H3. The predicted molar refractivity (Wildman–Crippen MR) is 94.3 cm³/mol. The molecule has 1 aromatic carbocycles. The molecule has 0 bridgehead atoms. The van der Waals surface area contributed by atoms with E-state index in [0.717, 1.165) is 44.6 Å². The van der Waals surface area contributed by atoms with Crippen LogP contribution in [0, 0.1) is 0 Å². The Morgan fingerprint density at radius 1 is 1.14 bits per heavy atom. The van der Waals surface area contributed by atoms with Gasteiger partial charge in [-0.15, -0.1) is 0 Å². The first-order valence-corrected chi connectivity index (χ1v) is 8.47. The molecule has 4 heteroatoms. The van der Waals surface area contributed by atoms with Gasteiger partial charge in [-0.3, -0.25) is 4.79 Å². The summed E-state index contributed by atoms with van der Waals surface area (Å²) in [6.07, 6.45) is 3.07. The van der Waals surface area contributed by atoms with Crippen LogP contribution >= 0.6 is 0 Å². The average molecular weight is 305 g/mol. The van der Waals surface area contributed by atoms with Crippen molar-refractivity contribution in [3.63, 3.8) is 0 Å². The maximum atomic E-state index is 12.4. The number of hydrogen-bond acceptors (Lipinski definition) is 4. The largest absolute Gasteiger partial charge is 0.399 e. The number of carbonyl (C=O) groups excluding carboxylic acids is 1. The summed E-state index contributed by atoms with van der Waals surface area (Å²) in [5.41, 5.74) is 7.09. The Morgan fingerprint density at radius 3 is 2.32 bits per heavy atom. The SMILES string of the molecule is CCC(NCCCCN(CC)CC)C(=O)c1ccc(N)cc1. The number of nitrogens with two attached hydrogens (primary N) is 1. The fraction of sp³-hybridized carbons (Fsp3) is 0.611. The predicted octanol–water partition coefficient (Wildman–Crippen LogP) is 2.94. The Hall–Kier alpha value is -1.39. The first-order valence-electron chi connectivity index (χ1n) is 8.47. The monoisotopic (exact) mass is 305 g/mol. The van der Waals surface area contributed by atoms with Gasteiger partial charge >= 0.3 is 0 Å². The maximum absolute atomic E-state index is 12.4. The van der Waals surface area contributed by atoms with Gasteiger partial charge in [-0.05, 0) is 69.7 Å². The minimum atomic E-state index is -0.0999. The molecule has 0 heterocycles. The number of Topliss-reactive ketones (excluding diaryl/α,β-unsaturated/α-hetero) is 1. The Kier molecular flexibility index (Phi) is 8.78. The molecular formula is C18H31N3O. The van der Waals surface area contributed by atoms with Crippen molar-refractivity contribution in [3.8, 4) is 0 Å². The number of nitrogens with zero attached hydrogens (tertiary/aromatic N) is 1. The average Bonchev–Trinajstić information content (AvgIpc) is 2.54. The first-order chi connectivity index (χ1) is 10.6. The molecule has 3 N–H and O–H groups in total. The second-order valence-electron chi connectivity index (χ2n) is 5.64. The van der Waals surface area contributed by atoms with Crippen LogP contribution < -0.4 is 11.1 Å². The molecule has 1 aromatic rings. The third-order valence-corrected chi connectivity index (χ3v) is 4.11. The third-order valence-electron chi connectivity index (χ3n) is 4.11. The topological polar surface area (TPSA) is 58.4 Å². The van der Waals surface area contributed by atoms with Crippen molar-refractivity contribution >= 4 is 11.5 Å². The lowest BCUT2D eigenvalue weighted by molar-refractivity contribution is 0.0940. The molecule has 0 aliphatic carbocycles. The molecule has 124 valence electrons. The molecule has 0 saturated carbocycles. The summed E-state index contributed by atoms with van der Waals surface area (Å²) in [5, 5.41) is 3.39. The molecule has 4 nitrogen and oxygen atoms in total. The number of nitrogen functional groups attached to an aromatic ring is 1. The van der Waals surface area contributed by atoms with E-state index in [1.165, 1.54) is 6.42 Å². The summed E-state index contributed by atoms with van der Waals surface area (Å²) in [5.74, 6) is 0.159. The van der Waals surface area contributed by atoms with E-state index >= 15 is 0 Å². The molecule has 0 fully saturated rings. The van der Waals surface area contributed by atoms with Crippen LogP contribution in [0.2, 0.25) is 0 Å². The molecule has 1 atom stereocenters. The van der Waals surface area contributed by atoms with Gasteiger partial charge in [-0.1, -0.05) is 20.8 Å². The van der Waals surface area contributed by atoms with E-state index < -0.39 is 0 Å². The van der Waals surface area contributed by atoms with Crippen LogP contribution in [0.15, 0.2) is 24.3 Å². The first kappa shape index (κ1) is 18.7. The van der Waals surface area contributed by atoms with Crippen molar-refractivity contribution in [2.75, 3.05) is 31.9 Å². The lowest BCUT2D eigenvalue weighted by atomic mass is 10.0. The Morgan fingerprint density at radius 2 is 1.77 bits per heavy atom. The van der Waals surface area contributed by atoms with Crippen molar-refractivity contribution in [1.82, 2.24) is 10.2 Å². The number of unbranched alkanes of at least 4 members (excludes halogenated alkanes) is 1. The summed E-state index contributed by atoms with van der Waals surface area (Å²) in [7, 11) is 0. The molecule has 0 aliphatic heterocycles. The fourth-order valence-electron chi connectivity index (χ4n) is 2.55. The van der Waals surface area contributed by atoms with Gasteiger partial charge < -0.3 is 16.0 Å². The van der Waals surface area contributed by atoms with E-state index in [-0.39, 0.29) is 11.8 Å². The van der Waals surface area contributed by atoms with Crippen LogP contribution in [0.5, 0.6) is 0 Å². The molecule has 1 unspecified atom stereocenters. The van der Waals surface area contributed by atoms with Crippen molar-refractivity contribution in [3.05, 3.63) is 29.8 Å². The van der Waals surface area contributed by atoms with Crippen LogP contribution in [-0.2, 0) is 0 Å². The molecule has 0 aliphatic rings. The minimum absolute atomic E-state index is 0.0999. The van der Waals surface area contributed by atoms with Gasteiger partial charge in [0.05, 0.1) is 6.04 Å². The van der Waals surface area contributed by atoms with Gasteiger partial charge in [0.15, 0.2) is 5.78 Å². The molecule has 0 aromatic heterocycles. The molecule has 0 amide bonds. The number of nitrogens with one attached hydrogen (secondary N) is 1. The molecular weight excluding hydrogens is 274 g/mol. The van der Waals surface area contributed by atoms with Crippen LogP contribution in [0.25, 0.3) is 0 Å². The van der Waals surface area contributed by atoms with Gasteiger partial charge in [-0.25, -0.2) is 0 Å². The van der Waals surface area contributed by atoms with Gasteiger partial charge in [-0.2, -0.15) is 0 Å². The Bertz CT molecular complexity index is 426. The minimum Gasteiger partial charge on any atom is -0.399 e. The maximum Gasteiger partial charge on any atom is 0.179 e. The number of hydrogen-bond donors (Lipinski definition) is 2. The quantitative estimate of drug-likeness (QED) is 0.375. The second kappa shape index (κ2) is 10.4. The fourth-order valence-corrected chi connectivity index (χ4v) is 2.55. The highest BCUT2D eigenvalue weighted by Gasteiger charge is 2.17. The Labute approximate surface area is 135 Å². The number of ketones is 1. The lowest BCUT2D eigenvalue weighted by Gasteiger charge is -2.19. The van der Waals surface area contributed by atoms with Crippen molar-refractivity contribution in [2.24, 2.45) is 0 Å². The van der Waals surface area contributed by atoms with E-state index in [1.807, 2.05) is 19.1 Å². The number of rotatable bonds is 11. The van der Waals surface area contributed by atoms with Crippen LogP contribution in [0.1, 0.15) is 50.4 Å². The number of carbonyl (C=O) groups is 1.